The molecule has 0 bridgehead atoms. The summed E-state index contributed by atoms with van der Waals surface area (Å²) in [5, 5.41) is 6.99. The van der Waals surface area contributed by atoms with Gasteiger partial charge in [-0.3, -0.25) is 24.6 Å². The fourth-order valence-electron chi connectivity index (χ4n) is 4.93. The van der Waals surface area contributed by atoms with Gasteiger partial charge in [0.2, 0.25) is 0 Å². The van der Waals surface area contributed by atoms with E-state index in [9.17, 15) is 22.8 Å². The van der Waals surface area contributed by atoms with E-state index in [1.54, 1.807) is 23.2 Å². The highest BCUT2D eigenvalue weighted by molar-refractivity contribution is 7.92. The van der Waals surface area contributed by atoms with Crippen LogP contribution in [0.3, 0.4) is 0 Å². The van der Waals surface area contributed by atoms with Gasteiger partial charge in [-0.15, -0.1) is 11.3 Å². The quantitative estimate of drug-likeness (QED) is 0.220. The number of esters is 1. The van der Waals surface area contributed by atoms with Gasteiger partial charge in [-0.05, 0) is 31.9 Å². The molecule has 2 aliphatic heterocycles. The number of thiazole rings is 1. The zero-order valence-electron chi connectivity index (χ0n) is 24.1. The van der Waals surface area contributed by atoms with Crippen LogP contribution in [0.5, 0.6) is 0 Å². The van der Waals surface area contributed by atoms with Crippen LogP contribution in [0, 0.1) is 0 Å². The lowest BCUT2D eigenvalue weighted by Crippen LogP contribution is -2.54. The maximum Gasteiger partial charge on any atom is 0.303 e. The molecule has 2 amide bonds. The normalized spacial score (nSPS) is 21.4. The van der Waals surface area contributed by atoms with E-state index in [1.807, 2.05) is 6.92 Å². The van der Waals surface area contributed by atoms with Crippen LogP contribution in [-0.4, -0.2) is 104 Å². The van der Waals surface area contributed by atoms with E-state index in [0.29, 0.717) is 69.4 Å². The highest BCUT2D eigenvalue weighted by Gasteiger charge is 2.37. The lowest BCUT2D eigenvalue weighted by molar-refractivity contribution is -0.152. The summed E-state index contributed by atoms with van der Waals surface area (Å²) >= 11 is 1.33. The third-order valence-corrected chi connectivity index (χ3v) is 10.6. The Bertz CT molecular complexity index is 1470. The second-order valence-corrected chi connectivity index (χ2v) is 14.2. The molecule has 3 heterocycles. The van der Waals surface area contributed by atoms with E-state index < -0.39 is 21.7 Å². The molecule has 1 aliphatic carbocycles. The van der Waals surface area contributed by atoms with Gasteiger partial charge >= 0.3 is 5.97 Å². The molecule has 2 atom stereocenters. The molecule has 15 heteroatoms. The van der Waals surface area contributed by atoms with Crippen LogP contribution >= 0.6 is 11.3 Å². The number of oxime groups is 1. The summed E-state index contributed by atoms with van der Waals surface area (Å²) in [6.07, 6.45) is 3.41. The number of ether oxygens (including phenoxy) is 2. The molecule has 2 aromatic rings. The van der Waals surface area contributed by atoms with E-state index in [2.05, 4.69) is 20.4 Å². The molecule has 1 N–H and O–H groups in total. The molecule has 5 rings (SSSR count). The number of piperazine rings is 1. The van der Waals surface area contributed by atoms with E-state index in [4.69, 9.17) is 14.3 Å². The van der Waals surface area contributed by atoms with Gasteiger partial charge in [0, 0.05) is 62.2 Å². The van der Waals surface area contributed by atoms with E-state index in [1.165, 1.54) is 30.4 Å². The third-order valence-electron chi connectivity index (χ3n) is 7.40. The smallest absolute Gasteiger partial charge is 0.303 e. The van der Waals surface area contributed by atoms with Crippen molar-refractivity contribution in [3.05, 3.63) is 40.9 Å². The fourth-order valence-corrected chi connectivity index (χ4v) is 7.44. The lowest BCUT2D eigenvalue weighted by Gasteiger charge is -2.39. The number of sulfone groups is 1. The maximum atomic E-state index is 13.4. The number of nitrogens with zero attached hydrogens (tertiary/aromatic N) is 4. The molecular weight excluding hydrogens is 598 g/mol. The summed E-state index contributed by atoms with van der Waals surface area (Å²) in [6, 6.07) is 6.06. The largest absolute Gasteiger partial charge is 0.456 e. The van der Waals surface area contributed by atoms with Crippen molar-refractivity contribution in [1.29, 1.82) is 0 Å². The van der Waals surface area contributed by atoms with E-state index in [0.717, 1.165) is 4.88 Å². The van der Waals surface area contributed by atoms with Gasteiger partial charge in [0.25, 0.3) is 11.8 Å². The van der Waals surface area contributed by atoms with Gasteiger partial charge in [0.15, 0.2) is 33.4 Å². The average molecular weight is 634 g/mol. The molecule has 13 nitrogen and oxygen atoms in total. The zero-order chi connectivity index (χ0) is 30.6. The Morgan fingerprint density at radius 3 is 2.58 bits per heavy atom. The molecule has 0 spiro atoms. The van der Waals surface area contributed by atoms with Crippen LogP contribution in [0.15, 0.2) is 40.5 Å². The number of benzene rings is 1. The van der Waals surface area contributed by atoms with Crippen LogP contribution in [-0.2, 0) is 45.1 Å². The molecular formula is C28H35N5O8S2. The number of carbonyl (C=O) groups is 3. The number of anilines is 1. The van der Waals surface area contributed by atoms with Gasteiger partial charge in [-0.25, -0.2) is 13.4 Å². The van der Waals surface area contributed by atoms with Gasteiger partial charge in [0.05, 0.1) is 23.4 Å². The Kier molecular flexibility index (Phi) is 9.74. The summed E-state index contributed by atoms with van der Waals surface area (Å²) in [4.78, 5) is 51.8. The van der Waals surface area contributed by atoms with Crippen molar-refractivity contribution in [2.75, 3.05) is 44.8 Å². The second kappa shape index (κ2) is 13.5. The number of hydrogen-bond acceptors (Lipinski definition) is 12. The highest BCUT2D eigenvalue weighted by Crippen LogP contribution is 2.33. The van der Waals surface area contributed by atoms with Gasteiger partial charge in [0.1, 0.15) is 0 Å². The predicted octanol–water partition coefficient (Wildman–Crippen LogP) is 1.82. The Labute approximate surface area is 254 Å². The first-order chi connectivity index (χ1) is 20.6. The first-order valence-electron chi connectivity index (χ1n) is 14.2. The van der Waals surface area contributed by atoms with Crippen LogP contribution in [0.2, 0.25) is 0 Å². The number of hydrogen-bond donors (Lipinski definition) is 1. The number of rotatable bonds is 11. The van der Waals surface area contributed by atoms with Crippen molar-refractivity contribution in [2.45, 2.75) is 61.9 Å². The monoisotopic (exact) mass is 633 g/mol. The molecule has 3 fully saturated rings. The van der Waals surface area contributed by atoms with E-state index in [-0.39, 0.29) is 40.5 Å². The summed E-state index contributed by atoms with van der Waals surface area (Å²) in [5.41, 5.74) is 0.417. The standard InChI is InChI=1S/C28H35N5O8S2/c1-18-14-32(10-11-33(18)25(35)17-40-19(2)34)15-22-13-29-28(42-22)30-27(36)26(31-41-21-9-12-39-16-21)20-3-5-23(6-4-20)43(37,38)24-7-8-24/h3-6,13,18,21,24H,7-12,14-17H2,1-2H3,(H,29,30,36)/b31-26+/t18-,21+/m0/s1. The van der Waals surface area contributed by atoms with Crippen molar-refractivity contribution in [2.24, 2.45) is 5.16 Å². The predicted molar refractivity (Wildman–Crippen MR) is 157 cm³/mol. The topological polar surface area (TPSA) is 157 Å². The number of aromatic nitrogens is 1. The lowest BCUT2D eigenvalue weighted by atomic mass is 10.1. The van der Waals surface area contributed by atoms with Crippen molar-refractivity contribution in [3.8, 4) is 0 Å². The fraction of sp³-hybridized carbons (Fsp3) is 0.536. The summed E-state index contributed by atoms with van der Waals surface area (Å²) in [7, 11) is -3.37. The first-order valence-corrected chi connectivity index (χ1v) is 16.5. The molecule has 43 heavy (non-hydrogen) atoms. The maximum absolute atomic E-state index is 13.4. The highest BCUT2D eigenvalue weighted by atomic mass is 32.2. The van der Waals surface area contributed by atoms with Crippen molar-refractivity contribution in [3.63, 3.8) is 0 Å². The summed E-state index contributed by atoms with van der Waals surface area (Å²) in [6.45, 7) is 6.27. The zero-order valence-corrected chi connectivity index (χ0v) is 25.7. The minimum absolute atomic E-state index is 0.00221. The SMILES string of the molecule is CC(=O)OCC(=O)N1CCN(Cc2cnc(NC(=O)/C(=N/O[C@@H]3CCOC3)c3ccc(S(=O)(=O)C4CC4)cc3)s2)C[C@@H]1C. The molecule has 232 valence electrons. The molecule has 1 aromatic heterocycles. The van der Waals surface area contributed by atoms with Gasteiger partial charge < -0.3 is 19.2 Å². The first kappa shape index (κ1) is 31.0. The Balaban J connectivity index is 1.21. The van der Waals surface area contributed by atoms with Gasteiger partial charge in [-0.1, -0.05) is 17.3 Å². The van der Waals surface area contributed by atoms with Crippen LogP contribution < -0.4 is 5.32 Å². The number of nitrogens with one attached hydrogen (secondary N) is 1. The van der Waals surface area contributed by atoms with Crippen molar-refractivity contribution >= 4 is 49.8 Å². The number of carbonyl (C=O) groups excluding carboxylic acids is 3. The molecule has 2 saturated heterocycles. The minimum atomic E-state index is -3.37. The van der Waals surface area contributed by atoms with E-state index >= 15 is 0 Å². The molecule has 1 saturated carbocycles. The van der Waals surface area contributed by atoms with Crippen molar-refractivity contribution < 1.29 is 37.1 Å². The molecule has 3 aliphatic rings. The van der Waals surface area contributed by atoms with Gasteiger partial charge in [-0.2, -0.15) is 0 Å². The number of amides is 2. The summed E-state index contributed by atoms with van der Waals surface area (Å²) < 4.78 is 35.4. The third kappa shape index (κ3) is 7.96. The Hall–Kier alpha value is -3.40. The van der Waals surface area contributed by atoms with Crippen LogP contribution in [0.1, 0.15) is 43.6 Å². The molecule has 0 unspecified atom stereocenters. The Morgan fingerprint density at radius 2 is 1.93 bits per heavy atom. The molecule has 1 aromatic carbocycles. The molecule has 0 radical (unpaired) electrons. The second-order valence-electron chi connectivity index (χ2n) is 10.8. The minimum Gasteiger partial charge on any atom is -0.456 e. The average Bonchev–Trinajstić information content (AvgIpc) is 3.56. The van der Waals surface area contributed by atoms with Crippen LogP contribution in [0.25, 0.3) is 0 Å². The van der Waals surface area contributed by atoms with Crippen molar-refractivity contribution in [1.82, 2.24) is 14.8 Å². The van der Waals surface area contributed by atoms with Crippen LogP contribution in [0.4, 0.5) is 5.13 Å². The summed E-state index contributed by atoms with van der Waals surface area (Å²) in [5.74, 6) is -1.24. The Morgan fingerprint density at radius 1 is 1.16 bits per heavy atom.